The van der Waals surface area contributed by atoms with Gasteiger partial charge in [-0.2, -0.15) is 0 Å². The fraction of sp³-hybridized carbons (Fsp3) is 0.889. The van der Waals surface area contributed by atoms with Gasteiger partial charge in [-0.15, -0.1) is 0 Å². The third-order valence-electron chi connectivity index (χ3n) is 2.77. The first-order chi connectivity index (χ1) is 6.18. The summed E-state index contributed by atoms with van der Waals surface area (Å²) in [6, 6.07) is -0.114. The average molecular weight is 186 g/mol. The number of carbonyl (C=O) groups excluding carboxylic acids is 1. The summed E-state index contributed by atoms with van der Waals surface area (Å²) in [4.78, 5) is 11.6. The largest absolute Gasteiger partial charge is 0.394 e. The number of carbonyl (C=O) groups is 1. The number of aliphatic hydroxyl groups is 1. The molecule has 1 saturated carbocycles. The molecule has 0 aromatic heterocycles. The second-order valence-corrected chi connectivity index (χ2v) is 3.75. The van der Waals surface area contributed by atoms with E-state index < -0.39 is 0 Å². The first-order valence-corrected chi connectivity index (χ1v) is 4.80. The van der Waals surface area contributed by atoms with E-state index in [0.29, 0.717) is 6.54 Å². The maximum Gasteiger partial charge on any atom is 0.227 e. The van der Waals surface area contributed by atoms with Crippen molar-refractivity contribution in [3.8, 4) is 0 Å². The molecule has 1 fully saturated rings. The van der Waals surface area contributed by atoms with Gasteiger partial charge in [0.2, 0.25) is 5.91 Å². The molecule has 0 aromatic carbocycles. The fourth-order valence-corrected chi connectivity index (χ4v) is 1.29. The Labute approximate surface area is 78.5 Å². The second kappa shape index (κ2) is 4.07. The van der Waals surface area contributed by atoms with Crippen molar-refractivity contribution in [3.63, 3.8) is 0 Å². The molecule has 0 spiro atoms. The summed E-state index contributed by atoms with van der Waals surface area (Å²) < 4.78 is 0. The fourth-order valence-electron chi connectivity index (χ4n) is 1.29. The van der Waals surface area contributed by atoms with E-state index >= 15 is 0 Å². The highest BCUT2D eigenvalue weighted by molar-refractivity contribution is 5.85. The Hall–Kier alpha value is -0.610. The molecular weight excluding hydrogens is 168 g/mol. The van der Waals surface area contributed by atoms with Gasteiger partial charge in [-0.05, 0) is 19.3 Å². The molecule has 4 N–H and O–H groups in total. The normalized spacial score (nSPS) is 20.8. The number of nitrogens with one attached hydrogen (secondary N) is 1. The van der Waals surface area contributed by atoms with E-state index in [9.17, 15) is 4.79 Å². The molecule has 1 amide bonds. The van der Waals surface area contributed by atoms with Crippen LogP contribution >= 0.6 is 0 Å². The first kappa shape index (κ1) is 10.5. The summed E-state index contributed by atoms with van der Waals surface area (Å²) in [7, 11) is 0. The van der Waals surface area contributed by atoms with Gasteiger partial charge in [-0.1, -0.05) is 6.92 Å². The van der Waals surface area contributed by atoms with Gasteiger partial charge in [0, 0.05) is 6.54 Å². The minimum atomic E-state index is -0.303. The smallest absolute Gasteiger partial charge is 0.227 e. The van der Waals surface area contributed by atoms with Gasteiger partial charge in [0.05, 0.1) is 18.1 Å². The number of aliphatic hydroxyl groups excluding tert-OH is 1. The zero-order valence-corrected chi connectivity index (χ0v) is 8.05. The predicted molar refractivity (Wildman–Crippen MR) is 50.0 cm³/mol. The lowest BCUT2D eigenvalue weighted by Gasteiger charge is -2.18. The third-order valence-corrected chi connectivity index (χ3v) is 2.77. The van der Waals surface area contributed by atoms with Crippen LogP contribution < -0.4 is 11.1 Å². The van der Waals surface area contributed by atoms with Crippen LogP contribution in [0, 0.1) is 5.41 Å². The SMILES string of the molecule is CC[C@H](CO)NC(=O)C1(CN)CC1. The minimum Gasteiger partial charge on any atom is -0.394 e. The van der Waals surface area contributed by atoms with Crippen molar-refractivity contribution in [3.05, 3.63) is 0 Å². The number of hydrogen-bond acceptors (Lipinski definition) is 3. The van der Waals surface area contributed by atoms with Crippen LogP contribution in [0.3, 0.4) is 0 Å². The van der Waals surface area contributed by atoms with Crippen LogP contribution in [-0.4, -0.2) is 30.2 Å². The maximum absolute atomic E-state index is 11.6. The molecule has 1 rings (SSSR count). The first-order valence-electron chi connectivity index (χ1n) is 4.80. The van der Waals surface area contributed by atoms with E-state index in [1.165, 1.54) is 0 Å². The lowest BCUT2D eigenvalue weighted by molar-refractivity contribution is -0.127. The van der Waals surface area contributed by atoms with Crippen LogP contribution in [0.5, 0.6) is 0 Å². The van der Waals surface area contributed by atoms with Crippen LogP contribution in [0.15, 0.2) is 0 Å². The molecule has 0 bridgehead atoms. The van der Waals surface area contributed by atoms with E-state index in [4.69, 9.17) is 10.8 Å². The Morgan fingerprint density at radius 2 is 2.31 bits per heavy atom. The zero-order chi connectivity index (χ0) is 9.90. The molecule has 13 heavy (non-hydrogen) atoms. The van der Waals surface area contributed by atoms with Crippen molar-refractivity contribution in [2.45, 2.75) is 32.2 Å². The Balaban J connectivity index is 2.40. The van der Waals surface area contributed by atoms with Crippen molar-refractivity contribution in [1.29, 1.82) is 0 Å². The van der Waals surface area contributed by atoms with Crippen molar-refractivity contribution in [2.75, 3.05) is 13.2 Å². The van der Waals surface area contributed by atoms with Crippen molar-refractivity contribution in [2.24, 2.45) is 11.1 Å². The molecule has 0 aliphatic heterocycles. The van der Waals surface area contributed by atoms with E-state index in [1.54, 1.807) is 0 Å². The van der Waals surface area contributed by atoms with Gasteiger partial charge in [-0.25, -0.2) is 0 Å². The summed E-state index contributed by atoms with van der Waals surface area (Å²) in [5, 5.41) is 11.7. The Bertz CT molecular complexity index is 186. The van der Waals surface area contributed by atoms with Crippen molar-refractivity contribution < 1.29 is 9.90 Å². The third kappa shape index (κ3) is 2.19. The van der Waals surface area contributed by atoms with Gasteiger partial charge in [0.25, 0.3) is 0 Å². The van der Waals surface area contributed by atoms with Gasteiger partial charge in [0.1, 0.15) is 0 Å². The molecule has 76 valence electrons. The van der Waals surface area contributed by atoms with Crippen molar-refractivity contribution >= 4 is 5.91 Å². The molecule has 0 heterocycles. The zero-order valence-electron chi connectivity index (χ0n) is 8.05. The predicted octanol–water partition coefficient (Wildman–Crippen LogP) is -0.388. The van der Waals surface area contributed by atoms with Gasteiger partial charge < -0.3 is 16.2 Å². The molecule has 1 aliphatic rings. The molecule has 1 aliphatic carbocycles. The van der Waals surface area contributed by atoms with E-state index in [-0.39, 0.29) is 24.0 Å². The van der Waals surface area contributed by atoms with Gasteiger partial charge >= 0.3 is 0 Å². The summed E-state index contributed by atoms with van der Waals surface area (Å²) in [5.41, 5.74) is 5.20. The quantitative estimate of drug-likeness (QED) is 0.547. The molecule has 0 saturated heterocycles. The summed E-state index contributed by atoms with van der Waals surface area (Å²) >= 11 is 0. The highest BCUT2D eigenvalue weighted by Crippen LogP contribution is 2.44. The van der Waals surface area contributed by atoms with Crippen LogP contribution in [0.25, 0.3) is 0 Å². The van der Waals surface area contributed by atoms with Crippen molar-refractivity contribution in [1.82, 2.24) is 5.32 Å². The highest BCUT2D eigenvalue weighted by Gasteiger charge is 2.48. The number of nitrogens with two attached hydrogens (primary N) is 1. The minimum absolute atomic E-state index is 0.00287. The molecule has 0 aromatic rings. The van der Waals surface area contributed by atoms with E-state index in [0.717, 1.165) is 19.3 Å². The lowest BCUT2D eigenvalue weighted by atomic mass is 10.1. The summed E-state index contributed by atoms with van der Waals surface area (Å²) in [6.07, 6.45) is 2.53. The Kier molecular flexibility index (Phi) is 3.27. The topological polar surface area (TPSA) is 75.3 Å². The van der Waals surface area contributed by atoms with Gasteiger partial charge in [-0.3, -0.25) is 4.79 Å². The standard InChI is InChI=1S/C9H18N2O2/c1-2-7(5-12)11-8(13)9(6-10)3-4-9/h7,12H,2-6,10H2,1H3,(H,11,13)/t7-/m1/s1. The number of rotatable bonds is 5. The molecular formula is C9H18N2O2. The highest BCUT2D eigenvalue weighted by atomic mass is 16.3. The molecule has 1 atom stereocenters. The lowest BCUT2D eigenvalue weighted by Crippen LogP contribution is -2.43. The number of hydrogen-bond donors (Lipinski definition) is 3. The second-order valence-electron chi connectivity index (χ2n) is 3.75. The Morgan fingerprint density at radius 1 is 1.69 bits per heavy atom. The molecule has 0 unspecified atom stereocenters. The van der Waals surface area contributed by atoms with Gasteiger partial charge in [0.15, 0.2) is 0 Å². The summed E-state index contributed by atoms with van der Waals surface area (Å²) in [5.74, 6) is 0.0101. The summed E-state index contributed by atoms with van der Waals surface area (Å²) in [6.45, 7) is 2.35. The van der Waals surface area contributed by atoms with Crippen LogP contribution in [0.1, 0.15) is 26.2 Å². The molecule has 4 heteroatoms. The molecule has 4 nitrogen and oxygen atoms in total. The van der Waals surface area contributed by atoms with Crippen LogP contribution in [0.4, 0.5) is 0 Å². The average Bonchev–Trinajstić information content (AvgIpc) is 2.94. The molecule has 0 radical (unpaired) electrons. The number of amides is 1. The monoisotopic (exact) mass is 186 g/mol. The van der Waals surface area contributed by atoms with Crippen LogP contribution in [-0.2, 0) is 4.79 Å². The Morgan fingerprint density at radius 3 is 2.62 bits per heavy atom. The van der Waals surface area contributed by atoms with Crippen LogP contribution in [0.2, 0.25) is 0 Å². The van der Waals surface area contributed by atoms with E-state index in [2.05, 4.69) is 5.32 Å². The maximum atomic E-state index is 11.6. The van der Waals surface area contributed by atoms with E-state index in [1.807, 2.05) is 6.92 Å².